The van der Waals surface area contributed by atoms with Crippen molar-refractivity contribution in [2.75, 3.05) is 5.32 Å². The van der Waals surface area contributed by atoms with E-state index in [0.717, 1.165) is 0 Å². The maximum Gasteiger partial charge on any atom is 0.333 e. The van der Waals surface area contributed by atoms with Gasteiger partial charge in [-0.25, -0.2) is 14.8 Å². The van der Waals surface area contributed by atoms with E-state index >= 15 is 0 Å². The molecule has 0 aliphatic carbocycles. The van der Waals surface area contributed by atoms with Crippen LogP contribution in [-0.4, -0.2) is 35.5 Å². The molecule has 1 N–H and O–H groups in total. The average molecular weight is 281 g/mol. The van der Waals surface area contributed by atoms with Gasteiger partial charge in [0.15, 0.2) is 5.82 Å². The van der Waals surface area contributed by atoms with Crippen molar-refractivity contribution >= 4 is 12.0 Å². The molecule has 0 spiro atoms. The number of aryl methyl sites for hydroxylation is 1. The van der Waals surface area contributed by atoms with E-state index < -0.39 is 6.03 Å². The number of carbonyl (C=O) groups is 1. The summed E-state index contributed by atoms with van der Waals surface area (Å²) in [5, 5.41) is 2.59. The van der Waals surface area contributed by atoms with Crippen LogP contribution in [0.2, 0.25) is 0 Å². The Kier molecular flexibility index (Phi) is 3.34. The van der Waals surface area contributed by atoms with Crippen molar-refractivity contribution in [1.82, 2.24) is 29.5 Å². The Bertz CT molecular complexity index is 755. The third kappa shape index (κ3) is 2.89. The molecule has 3 rings (SSSR count). The Hall–Kier alpha value is -3.16. The number of anilines is 1. The summed E-state index contributed by atoms with van der Waals surface area (Å²) >= 11 is 0. The number of carbonyl (C=O) groups excluding carboxylic acids is 1. The van der Waals surface area contributed by atoms with Crippen molar-refractivity contribution < 1.29 is 4.79 Å². The van der Waals surface area contributed by atoms with Crippen LogP contribution >= 0.6 is 0 Å². The second-order valence-electron chi connectivity index (χ2n) is 4.14. The van der Waals surface area contributed by atoms with Crippen LogP contribution in [0, 0.1) is 6.92 Å². The molecule has 3 heterocycles. The molecule has 0 saturated heterocycles. The summed E-state index contributed by atoms with van der Waals surface area (Å²) in [6.07, 6.45) is 6.09. The zero-order valence-corrected chi connectivity index (χ0v) is 11.1. The zero-order chi connectivity index (χ0) is 14.7. The normalized spacial score (nSPS) is 10.3. The van der Waals surface area contributed by atoms with E-state index in [0.29, 0.717) is 17.3 Å². The summed E-state index contributed by atoms with van der Waals surface area (Å²) in [5.41, 5.74) is 0.612. The fourth-order valence-corrected chi connectivity index (χ4v) is 1.69. The van der Waals surface area contributed by atoms with Gasteiger partial charge in [0.05, 0.1) is 0 Å². The molecule has 1 amide bonds. The molecule has 0 aromatic carbocycles. The molecule has 3 aromatic rings. The molecule has 0 aliphatic heterocycles. The van der Waals surface area contributed by atoms with E-state index in [1.54, 1.807) is 25.3 Å². The minimum absolute atomic E-state index is 0.168. The Morgan fingerprint density at radius 1 is 1.19 bits per heavy atom. The first-order valence-corrected chi connectivity index (χ1v) is 6.16. The number of nitrogens with zero attached hydrogens (tertiary/aromatic N) is 6. The van der Waals surface area contributed by atoms with Gasteiger partial charge in [-0.05, 0) is 19.1 Å². The highest BCUT2D eigenvalue weighted by atomic mass is 16.2. The number of imidazole rings is 1. The lowest BCUT2D eigenvalue weighted by molar-refractivity contribution is 0.253. The number of rotatable bonds is 2. The van der Waals surface area contributed by atoms with Crippen molar-refractivity contribution in [2.24, 2.45) is 0 Å². The summed E-state index contributed by atoms with van der Waals surface area (Å²) in [5.74, 6) is 1.07. The van der Waals surface area contributed by atoms with Crippen LogP contribution in [0.4, 0.5) is 10.7 Å². The number of pyridine rings is 1. The molecule has 3 aromatic heterocycles. The van der Waals surface area contributed by atoms with Crippen molar-refractivity contribution in [2.45, 2.75) is 6.92 Å². The van der Waals surface area contributed by atoms with Crippen LogP contribution in [0.15, 0.2) is 43.1 Å². The second kappa shape index (κ2) is 5.45. The van der Waals surface area contributed by atoms with Gasteiger partial charge in [0.2, 0.25) is 5.95 Å². The van der Waals surface area contributed by atoms with Crippen LogP contribution in [0.3, 0.4) is 0 Å². The Morgan fingerprint density at radius 2 is 2.10 bits per heavy atom. The summed E-state index contributed by atoms with van der Waals surface area (Å²) in [6.45, 7) is 1.72. The quantitative estimate of drug-likeness (QED) is 0.764. The number of aromatic nitrogens is 6. The standard InChI is InChI=1S/C13H11N7O/c1-9-16-11(10-4-2-3-5-15-10)18-12(17-9)19-13(21)20-7-6-14-8-20/h2-8H,1H3,(H,16,17,18,19,21). The molecule has 21 heavy (non-hydrogen) atoms. The van der Waals surface area contributed by atoms with Crippen molar-refractivity contribution in [1.29, 1.82) is 0 Å². The van der Waals surface area contributed by atoms with Gasteiger partial charge in [0.1, 0.15) is 17.8 Å². The van der Waals surface area contributed by atoms with Gasteiger partial charge < -0.3 is 0 Å². The predicted octanol–water partition coefficient (Wildman–Crippen LogP) is 1.52. The van der Waals surface area contributed by atoms with Crippen molar-refractivity contribution in [3.8, 4) is 11.5 Å². The summed E-state index contributed by atoms with van der Waals surface area (Å²) in [7, 11) is 0. The largest absolute Gasteiger partial charge is 0.333 e. The third-order valence-electron chi connectivity index (χ3n) is 2.60. The van der Waals surface area contributed by atoms with E-state index in [2.05, 4.69) is 30.2 Å². The predicted molar refractivity (Wildman–Crippen MR) is 74.4 cm³/mol. The monoisotopic (exact) mass is 281 g/mol. The molecule has 0 bridgehead atoms. The first-order valence-electron chi connectivity index (χ1n) is 6.16. The van der Waals surface area contributed by atoms with Gasteiger partial charge in [-0.2, -0.15) is 9.97 Å². The van der Waals surface area contributed by atoms with E-state index in [4.69, 9.17) is 0 Å². The number of hydrogen-bond donors (Lipinski definition) is 1. The SMILES string of the molecule is Cc1nc(NC(=O)n2ccnc2)nc(-c2ccccn2)n1. The highest BCUT2D eigenvalue weighted by Gasteiger charge is 2.10. The number of amides is 1. The molecule has 0 fully saturated rings. The van der Waals surface area contributed by atoms with E-state index in [9.17, 15) is 4.79 Å². The van der Waals surface area contributed by atoms with Gasteiger partial charge in [-0.15, -0.1) is 0 Å². The lowest BCUT2D eigenvalue weighted by atomic mass is 10.3. The third-order valence-corrected chi connectivity index (χ3v) is 2.60. The average Bonchev–Trinajstić information content (AvgIpc) is 3.02. The fourth-order valence-electron chi connectivity index (χ4n) is 1.69. The van der Waals surface area contributed by atoms with Gasteiger partial charge in [0, 0.05) is 18.6 Å². The summed E-state index contributed by atoms with van der Waals surface area (Å²) in [4.78, 5) is 32.4. The van der Waals surface area contributed by atoms with Crippen LogP contribution < -0.4 is 5.32 Å². The molecule has 0 aliphatic rings. The summed E-state index contributed by atoms with van der Waals surface area (Å²) < 4.78 is 1.29. The zero-order valence-electron chi connectivity index (χ0n) is 11.1. The first kappa shape index (κ1) is 12.9. The van der Waals surface area contributed by atoms with Crippen LogP contribution in [0.5, 0.6) is 0 Å². The molecule has 0 atom stereocenters. The van der Waals surface area contributed by atoms with Gasteiger partial charge in [-0.1, -0.05) is 6.07 Å². The molecule has 0 unspecified atom stereocenters. The molecule has 8 nitrogen and oxygen atoms in total. The Balaban J connectivity index is 1.90. The van der Waals surface area contributed by atoms with Crippen LogP contribution in [0.25, 0.3) is 11.5 Å². The molecule has 0 saturated carbocycles. The number of nitrogens with one attached hydrogen (secondary N) is 1. The van der Waals surface area contributed by atoms with Gasteiger partial charge >= 0.3 is 6.03 Å². The molecule has 104 valence electrons. The lowest BCUT2D eigenvalue weighted by Gasteiger charge is -2.06. The Labute approximate surface area is 120 Å². The smallest absolute Gasteiger partial charge is 0.275 e. The lowest BCUT2D eigenvalue weighted by Crippen LogP contribution is -2.20. The van der Waals surface area contributed by atoms with Crippen molar-refractivity contribution in [3.05, 3.63) is 48.9 Å². The molecule has 0 radical (unpaired) electrons. The highest BCUT2D eigenvalue weighted by molar-refractivity contribution is 5.89. The minimum atomic E-state index is -0.398. The molecule has 8 heteroatoms. The fraction of sp³-hybridized carbons (Fsp3) is 0.0769. The molecular weight excluding hydrogens is 270 g/mol. The summed E-state index contributed by atoms with van der Waals surface area (Å²) in [6, 6.07) is 5.03. The Morgan fingerprint density at radius 3 is 2.81 bits per heavy atom. The van der Waals surface area contributed by atoms with Gasteiger partial charge in [0.25, 0.3) is 0 Å². The number of hydrogen-bond acceptors (Lipinski definition) is 6. The molecular formula is C13H11N7O. The van der Waals surface area contributed by atoms with E-state index in [1.807, 2.05) is 6.07 Å². The first-order chi connectivity index (χ1) is 10.2. The van der Waals surface area contributed by atoms with Crippen molar-refractivity contribution in [3.63, 3.8) is 0 Å². The van der Waals surface area contributed by atoms with E-state index in [-0.39, 0.29) is 5.95 Å². The second-order valence-corrected chi connectivity index (χ2v) is 4.14. The topological polar surface area (TPSA) is 98.5 Å². The van der Waals surface area contributed by atoms with Gasteiger partial charge in [-0.3, -0.25) is 14.9 Å². The van der Waals surface area contributed by atoms with Crippen LogP contribution in [-0.2, 0) is 0 Å². The maximum atomic E-state index is 11.9. The highest BCUT2D eigenvalue weighted by Crippen LogP contribution is 2.12. The van der Waals surface area contributed by atoms with E-state index in [1.165, 1.54) is 23.3 Å². The maximum absolute atomic E-state index is 11.9. The van der Waals surface area contributed by atoms with Crippen LogP contribution in [0.1, 0.15) is 5.82 Å². The minimum Gasteiger partial charge on any atom is -0.275 e.